The Morgan fingerprint density at radius 3 is 2.48 bits per heavy atom. The number of nitrogens with two attached hydrogens (primary N) is 1. The number of hydrogen-bond donors (Lipinski definition) is 2. The molecule has 27 heavy (non-hydrogen) atoms. The number of halogens is 2. The van der Waals surface area contributed by atoms with Gasteiger partial charge < -0.3 is 25.4 Å². The zero-order valence-corrected chi connectivity index (χ0v) is 16.0. The summed E-state index contributed by atoms with van der Waals surface area (Å²) in [6.07, 6.45) is 0. The van der Waals surface area contributed by atoms with Crippen LogP contribution in [0.15, 0.2) is 18.2 Å². The summed E-state index contributed by atoms with van der Waals surface area (Å²) in [4.78, 5) is 25.4. The molecular weight excluding hydrogens is 360 g/mol. The van der Waals surface area contributed by atoms with Crippen LogP contribution in [0.1, 0.15) is 26.3 Å². The second-order valence-electron chi connectivity index (χ2n) is 6.33. The third-order valence-corrected chi connectivity index (χ3v) is 3.80. The highest BCUT2D eigenvalue weighted by molar-refractivity contribution is 5.87. The van der Waals surface area contributed by atoms with Crippen molar-refractivity contribution >= 4 is 11.8 Å². The quantitative estimate of drug-likeness (QED) is 0.638. The van der Waals surface area contributed by atoms with Gasteiger partial charge in [0.2, 0.25) is 11.8 Å². The molecule has 7 nitrogen and oxygen atoms in total. The predicted octanol–water partition coefficient (Wildman–Crippen LogP) is 1.74. The minimum Gasteiger partial charge on any atom is -0.490 e. The van der Waals surface area contributed by atoms with E-state index >= 15 is 0 Å². The van der Waals surface area contributed by atoms with Gasteiger partial charge in [-0.1, -0.05) is 19.9 Å². The molecule has 3 N–H and O–H groups in total. The number of carbonyl (C=O) groups is 2. The van der Waals surface area contributed by atoms with Crippen LogP contribution in [0.4, 0.5) is 8.78 Å². The Hall–Kier alpha value is -2.42. The number of likely N-dealkylation sites (N-methyl/N-ethyl adjacent to an activating group) is 1. The van der Waals surface area contributed by atoms with E-state index in [2.05, 4.69) is 10.1 Å². The zero-order chi connectivity index (χ0) is 20.6. The zero-order valence-electron chi connectivity index (χ0n) is 16.0. The normalized spacial score (nSPS) is 12.0. The van der Waals surface area contributed by atoms with Crippen molar-refractivity contribution in [3.05, 3.63) is 23.8 Å². The standard InChI is InChI=1S/C18H27F2N3O4/c1-5-26-14-8-12(6-7-13(14)27-18(19)20)10-23(4)15(24)9-22-17(25)16(21)11(2)3/h6-8,11,16,18H,5,9-10,21H2,1-4H3,(H,22,25)/t16-/m0/s1. The van der Waals surface area contributed by atoms with E-state index in [0.717, 1.165) is 0 Å². The molecule has 0 aliphatic heterocycles. The fourth-order valence-corrected chi connectivity index (χ4v) is 2.19. The Labute approximate surface area is 157 Å². The van der Waals surface area contributed by atoms with Crippen LogP contribution in [0.5, 0.6) is 11.5 Å². The third kappa shape index (κ3) is 7.38. The molecule has 0 radical (unpaired) electrons. The SMILES string of the molecule is CCOc1cc(CN(C)C(=O)CNC(=O)[C@@H](N)C(C)C)ccc1OC(F)F. The summed E-state index contributed by atoms with van der Waals surface area (Å²) in [5.74, 6) is -0.639. The fraction of sp³-hybridized carbons (Fsp3) is 0.556. The van der Waals surface area contributed by atoms with Gasteiger partial charge in [-0.05, 0) is 30.5 Å². The molecule has 0 aliphatic rings. The lowest BCUT2D eigenvalue weighted by molar-refractivity contribution is -0.132. The molecule has 0 fully saturated rings. The number of ether oxygens (including phenoxy) is 2. The van der Waals surface area contributed by atoms with Crippen LogP contribution in [0.25, 0.3) is 0 Å². The molecule has 2 amide bonds. The molecule has 1 aromatic carbocycles. The fourth-order valence-electron chi connectivity index (χ4n) is 2.19. The van der Waals surface area contributed by atoms with Gasteiger partial charge in [-0.3, -0.25) is 9.59 Å². The Morgan fingerprint density at radius 2 is 1.93 bits per heavy atom. The summed E-state index contributed by atoms with van der Waals surface area (Å²) in [5, 5.41) is 2.51. The first-order valence-corrected chi connectivity index (χ1v) is 8.63. The van der Waals surface area contributed by atoms with Crippen molar-refractivity contribution in [2.45, 2.75) is 40.0 Å². The highest BCUT2D eigenvalue weighted by Crippen LogP contribution is 2.30. The van der Waals surface area contributed by atoms with Crippen molar-refractivity contribution < 1.29 is 27.8 Å². The van der Waals surface area contributed by atoms with Crippen LogP contribution in [0.3, 0.4) is 0 Å². The first kappa shape index (κ1) is 22.6. The van der Waals surface area contributed by atoms with Crippen LogP contribution < -0.4 is 20.5 Å². The highest BCUT2D eigenvalue weighted by atomic mass is 19.3. The van der Waals surface area contributed by atoms with E-state index in [0.29, 0.717) is 5.56 Å². The molecule has 0 bridgehead atoms. The van der Waals surface area contributed by atoms with Gasteiger partial charge in [-0.15, -0.1) is 0 Å². The third-order valence-electron chi connectivity index (χ3n) is 3.80. The minimum absolute atomic E-state index is 0.0382. The maximum Gasteiger partial charge on any atom is 0.387 e. The highest BCUT2D eigenvalue weighted by Gasteiger charge is 2.19. The first-order valence-electron chi connectivity index (χ1n) is 8.63. The Morgan fingerprint density at radius 1 is 1.26 bits per heavy atom. The second kappa shape index (κ2) is 10.7. The van der Waals surface area contributed by atoms with Crippen LogP contribution in [0, 0.1) is 5.92 Å². The monoisotopic (exact) mass is 387 g/mol. The Bertz CT molecular complexity index is 641. The van der Waals surface area contributed by atoms with E-state index in [9.17, 15) is 18.4 Å². The molecule has 1 rings (SSSR count). The number of alkyl halides is 2. The number of rotatable bonds is 10. The van der Waals surface area contributed by atoms with Gasteiger partial charge in [0.05, 0.1) is 19.2 Å². The van der Waals surface area contributed by atoms with Crippen LogP contribution in [0.2, 0.25) is 0 Å². The lowest BCUT2D eigenvalue weighted by Crippen LogP contribution is -2.47. The molecule has 0 aromatic heterocycles. The van der Waals surface area contributed by atoms with Crippen molar-refractivity contribution in [2.75, 3.05) is 20.2 Å². The molecule has 0 heterocycles. The van der Waals surface area contributed by atoms with Crippen molar-refractivity contribution in [2.24, 2.45) is 11.7 Å². The van der Waals surface area contributed by atoms with Crippen molar-refractivity contribution in [1.29, 1.82) is 0 Å². The number of amides is 2. The predicted molar refractivity (Wildman–Crippen MR) is 96.5 cm³/mol. The van der Waals surface area contributed by atoms with E-state index in [1.165, 1.54) is 17.0 Å². The summed E-state index contributed by atoms with van der Waals surface area (Å²) in [6.45, 7) is 2.70. The molecule has 0 saturated heterocycles. The van der Waals surface area contributed by atoms with Crippen LogP contribution in [-0.2, 0) is 16.1 Å². The average molecular weight is 387 g/mol. The summed E-state index contributed by atoms with van der Waals surface area (Å²) in [7, 11) is 1.57. The van der Waals surface area contributed by atoms with Gasteiger partial charge in [-0.2, -0.15) is 8.78 Å². The number of nitrogens with one attached hydrogen (secondary N) is 1. The van der Waals surface area contributed by atoms with E-state index in [4.69, 9.17) is 10.5 Å². The van der Waals surface area contributed by atoms with Crippen LogP contribution >= 0.6 is 0 Å². The molecule has 1 atom stereocenters. The van der Waals surface area contributed by atoms with Gasteiger partial charge in [-0.25, -0.2) is 0 Å². The number of nitrogens with zero attached hydrogens (tertiary/aromatic N) is 1. The van der Waals surface area contributed by atoms with Crippen molar-refractivity contribution in [3.63, 3.8) is 0 Å². The van der Waals surface area contributed by atoms with Crippen LogP contribution in [-0.4, -0.2) is 49.6 Å². The molecular formula is C18H27F2N3O4. The summed E-state index contributed by atoms with van der Waals surface area (Å²) < 4.78 is 34.6. The largest absolute Gasteiger partial charge is 0.490 e. The lowest BCUT2D eigenvalue weighted by Gasteiger charge is -2.20. The van der Waals surface area contributed by atoms with Gasteiger partial charge in [0.15, 0.2) is 11.5 Å². The average Bonchev–Trinajstić information content (AvgIpc) is 2.60. The Balaban J connectivity index is 2.69. The van der Waals surface area contributed by atoms with Gasteiger partial charge in [0, 0.05) is 13.6 Å². The number of benzene rings is 1. The number of carbonyl (C=O) groups excluding carboxylic acids is 2. The second-order valence-corrected chi connectivity index (χ2v) is 6.33. The smallest absolute Gasteiger partial charge is 0.387 e. The van der Waals surface area contributed by atoms with Crippen molar-refractivity contribution in [3.8, 4) is 11.5 Å². The van der Waals surface area contributed by atoms with E-state index in [1.54, 1.807) is 20.0 Å². The lowest BCUT2D eigenvalue weighted by atomic mass is 10.1. The molecule has 1 aromatic rings. The Kier molecular flexibility index (Phi) is 8.93. The maximum atomic E-state index is 12.4. The van der Waals surface area contributed by atoms with Gasteiger partial charge >= 0.3 is 6.61 Å². The van der Waals surface area contributed by atoms with E-state index in [-0.39, 0.29) is 48.9 Å². The molecule has 152 valence electrons. The summed E-state index contributed by atoms with van der Waals surface area (Å²) >= 11 is 0. The van der Waals surface area contributed by atoms with Gasteiger partial charge in [0.1, 0.15) is 0 Å². The molecule has 0 saturated carbocycles. The maximum absolute atomic E-state index is 12.4. The van der Waals surface area contributed by atoms with Crippen molar-refractivity contribution in [1.82, 2.24) is 10.2 Å². The summed E-state index contributed by atoms with van der Waals surface area (Å²) in [5.41, 5.74) is 6.39. The molecule has 0 spiro atoms. The van der Waals surface area contributed by atoms with E-state index < -0.39 is 12.7 Å². The van der Waals surface area contributed by atoms with E-state index in [1.807, 2.05) is 13.8 Å². The minimum atomic E-state index is -2.96. The molecule has 0 unspecified atom stereocenters. The van der Waals surface area contributed by atoms with Gasteiger partial charge in [0.25, 0.3) is 0 Å². The molecule has 9 heteroatoms. The summed E-state index contributed by atoms with van der Waals surface area (Å²) in [6, 6.07) is 3.79. The molecule has 0 aliphatic carbocycles. The topological polar surface area (TPSA) is 93.9 Å². The first-order chi connectivity index (χ1) is 12.6. The number of hydrogen-bond acceptors (Lipinski definition) is 5.